The summed E-state index contributed by atoms with van der Waals surface area (Å²) in [6, 6.07) is 5.80. The number of halogens is 2. The zero-order valence-corrected chi connectivity index (χ0v) is 15.7. The van der Waals surface area contributed by atoms with Crippen molar-refractivity contribution in [3.63, 3.8) is 0 Å². The number of hydrogen-bond donors (Lipinski definition) is 1. The Balaban J connectivity index is 2.82. The molecule has 0 radical (unpaired) electrons. The predicted molar refractivity (Wildman–Crippen MR) is 100 cm³/mol. The van der Waals surface area contributed by atoms with Crippen molar-refractivity contribution in [2.75, 3.05) is 12.4 Å². The van der Waals surface area contributed by atoms with Crippen molar-refractivity contribution in [1.82, 2.24) is 0 Å². The molecule has 2 aromatic rings. The Hall–Kier alpha value is -2.07. The van der Waals surface area contributed by atoms with E-state index in [0.29, 0.717) is 5.56 Å². The number of methoxy groups -OCH3 is 1. The summed E-state index contributed by atoms with van der Waals surface area (Å²) in [4.78, 5) is 12.1. The third-order valence-electron chi connectivity index (χ3n) is 3.92. The molecule has 0 bridgehead atoms. The number of anilines is 2. The first-order chi connectivity index (χ1) is 12.9. The first kappa shape index (κ1) is 15.2. The van der Waals surface area contributed by atoms with Gasteiger partial charge in [-0.05, 0) is 54.2 Å². The highest BCUT2D eigenvalue weighted by Gasteiger charge is 2.16. The second kappa shape index (κ2) is 7.87. The van der Waals surface area contributed by atoms with Crippen molar-refractivity contribution in [3.8, 4) is 0 Å². The van der Waals surface area contributed by atoms with E-state index in [1.54, 1.807) is 13.0 Å². The van der Waals surface area contributed by atoms with Crippen LogP contribution in [0.5, 0.6) is 0 Å². The monoisotopic (exact) mass is 366 g/mol. The molecule has 0 saturated carbocycles. The summed E-state index contributed by atoms with van der Waals surface area (Å²) in [6.07, 6.45) is -2.53. The molecule has 0 aliphatic carbocycles. The Labute approximate surface area is 157 Å². The highest BCUT2D eigenvalue weighted by Crippen LogP contribution is 2.34. The molecule has 0 spiro atoms. The molecular formula is C20H23ClFNO2. The Bertz CT molecular complexity index is 919. The van der Waals surface area contributed by atoms with Gasteiger partial charge in [0.2, 0.25) is 0 Å². The topological polar surface area (TPSA) is 38.3 Å². The molecule has 5 heteroatoms. The zero-order chi connectivity index (χ0) is 21.4. The van der Waals surface area contributed by atoms with Gasteiger partial charge in [-0.15, -0.1) is 0 Å². The Morgan fingerprint density at radius 3 is 2.64 bits per heavy atom. The Morgan fingerprint density at radius 1 is 1.36 bits per heavy atom. The molecule has 134 valence electrons. The van der Waals surface area contributed by atoms with Crippen molar-refractivity contribution in [3.05, 3.63) is 57.4 Å². The average molecular weight is 367 g/mol. The molecule has 0 aliphatic rings. The minimum atomic E-state index is -2.53. The number of hydrogen-bond acceptors (Lipinski definition) is 3. The van der Waals surface area contributed by atoms with Gasteiger partial charge in [-0.25, -0.2) is 4.39 Å². The van der Waals surface area contributed by atoms with E-state index >= 15 is 0 Å². The van der Waals surface area contributed by atoms with Crippen LogP contribution < -0.4 is 5.31 Å². The average Bonchev–Trinajstić information content (AvgIpc) is 2.63. The van der Waals surface area contributed by atoms with Gasteiger partial charge in [-0.3, -0.25) is 4.79 Å². The van der Waals surface area contributed by atoms with Crippen LogP contribution in [0, 0.1) is 19.7 Å². The lowest BCUT2D eigenvalue weighted by molar-refractivity contribution is -0.139. The van der Waals surface area contributed by atoms with Crippen molar-refractivity contribution in [2.45, 2.75) is 40.0 Å². The quantitative estimate of drug-likeness (QED) is 0.692. The van der Waals surface area contributed by atoms with Crippen LogP contribution in [-0.2, 0) is 15.9 Å². The molecule has 0 heterocycles. The van der Waals surface area contributed by atoms with Gasteiger partial charge in [0, 0.05) is 8.43 Å². The van der Waals surface area contributed by atoms with E-state index in [1.807, 2.05) is 20.8 Å². The number of carbonyl (C=O) groups excluding carboxylic acids is 1. The van der Waals surface area contributed by atoms with E-state index in [2.05, 4.69) is 4.74 Å². The summed E-state index contributed by atoms with van der Waals surface area (Å²) in [5, 5.41) is 0.780. The largest absolute Gasteiger partial charge is 0.469 e. The van der Waals surface area contributed by atoms with Crippen LogP contribution in [0.2, 0.25) is 6.43 Å². The van der Waals surface area contributed by atoms with E-state index in [9.17, 15) is 9.18 Å². The molecular weight excluding hydrogens is 341 g/mol. The van der Waals surface area contributed by atoms with E-state index in [0.717, 1.165) is 23.5 Å². The summed E-state index contributed by atoms with van der Waals surface area (Å²) in [6.45, 7) is 7.38. The summed E-state index contributed by atoms with van der Waals surface area (Å²) in [7, 11) is 1.09. The molecule has 0 aromatic heterocycles. The first-order valence-electron chi connectivity index (χ1n) is 9.35. The SMILES string of the molecule is [2H]N(c1cc(C)c(C(C)C)cc1C([2H])([2H])C(=O)OC)c1c(F)ccc(C)c1Cl. The summed E-state index contributed by atoms with van der Waals surface area (Å²) >= 11 is 6.23. The molecule has 0 atom stereocenters. The van der Waals surface area contributed by atoms with E-state index in [1.165, 1.54) is 18.2 Å². The number of esters is 1. The molecule has 0 unspecified atom stereocenters. The van der Waals surface area contributed by atoms with Crippen molar-refractivity contribution >= 4 is 28.9 Å². The summed E-state index contributed by atoms with van der Waals surface area (Å²) in [5.74, 6) is -1.77. The molecule has 0 fully saturated rings. The Morgan fingerprint density at radius 2 is 2.04 bits per heavy atom. The van der Waals surface area contributed by atoms with Gasteiger partial charge in [0.15, 0.2) is 1.41 Å². The molecule has 0 aliphatic heterocycles. The summed E-state index contributed by atoms with van der Waals surface area (Å²) < 4.78 is 44.2. The van der Waals surface area contributed by atoms with Crippen molar-refractivity contribution in [2.24, 2.45) is 0 Å². The van der Waals surface area contributed by atoms with Crippen LogP contribution >= 0.6 is 11.6 Å². The number of ether oxygens (including phenoxy) is 1. The van der Waals surface area contributed by atoms with Gasteiger partial charge in [0.25, 0.3) is 0 Å². The molecule has 2 rings (SSSR count). The standard InChI is InChI=1S/C20H23ClFNO2/c1-11(2)15-9-14(10-18(24)25-5)17(8-13(15)4)23-20-16(22)7-6-12(3)19(20)21/h6-9,11,23H,10H2,1-5H3/i10D2/hD. The van der Waals surface area contributed by atoms with Gasteiger partial charge in [-0.2, -0.15) is 0 Å². The molecule has 25 heavy (non-hydrogen) atoms. The van der Waals surface area contributed by atoms with E-state index in [4.69, 9.17) is 15.8 Å². The number of rotatable bonds is 5. The van der Waals surface area contributed by atoms with Gasteiger partial charge in [0.1, 0.15) is 5.82 Å². The molecule has 3 nitrogen and oxygen atoms in total. The lowest BCUT2D eigenvalue weighted by Gasteiger charge is -2.19. The van der Waals surface area contributed by atoms with Crippen LogP contribution in [0.1, 0.15) is 44.8 Å². The minimum Gasteiger partial charge on any atom is -0.469 e. The van der Waals surface area contributed by atoms with Crippen molar-refractivity contribution < 1.29 is 18.1 Å². The van der Waals surface area contributed by atoms with Crippen molar-refractivity contribution in [1.29, 1.82) is 0 Å². The lowest BCUT2D eigenvalue weighted by Crippen LogP contribution is -2.09. The molecule has 0 saturated heterocycles. The zero-order valence-electron chi connectivity index (χ0n) is 17.9. The van der Waals surface area contributed by atoms with Gasteiger partial charge >= 0.3 is 5.97 Å². The smallest absolute Gasteiger partial charge is 0.310 e. The van der Waals surface area contributed by atoms with Crippen LogP contribution in [0.3, 0.4) is 0 Å². The third kappa shape index (κ3) is 4.31. The fourth-order valence-corrected chi connectivity index (χ4v) is 2.75. The van der Waals surface area contributed by atoms with Crippen LogP contribution in [0.25, 0.3) is 0 Å². The fraction of sp³-hybridized carbons (Fsp3) is 0.350. The van der Waals surface area contributed by atoms with Crippen LogP contribution in [0.15, 0.2) is 24.3 Å². The maximum atomic E-state index is 14.5. The summed E-state index contributed by atoms with van der Waals surface area (Å²) in [5.41, 5.74) is 1.90. The van der Waals surface area contributed by atoms with Gasteiger partial charge < -0.3 is 10.0 Å². The second-order valence-electron chi connectivity index (χ2n) is 6.14. The molecule has 2 aromatic carbocycles. The van der Waals surface area contributed by atoms with E-state index < -0.39 is 18.2 Å². The number of carbonyl (C=O) groups is 1. The highest BCUT2D eigenvalue weighted by molar-refractivity contribution is 6.34. The highest BCUT2D eigenvalue weighted by atomic mass is 35.5. The predicted octanol–water partition coefficient (Wildman–Crippen LogP) is 5.68. The number of aryl methyl sites for hydroxylation is 2. The number of nitrogens with one attached hydrogen (secondary N) is 1. The fourth-order valence-electron chi connectivity index (χ4n) is 2.55. The molecule has 0 amide bonds. The normalized spacial score (nSPS) is 13.2. The van der Waals surface area contributed by atoms with E-state index in [-0.39, 0.29) is 27.9 Å². The van der Waals surface area contributed by atoms with Gasteiger partial charge in [0.05, 0.1) is 24.2 Å². The lowest BCUT2D eigenvalue weighted by atomic mass is 9.93. The third-order valence-corrected chi connectivity index (χ3v) is 4.40. The maximum Gasteiger partial charge on any atom is 0.310 e. The van der Waals surface area contributed by atoms with Crippen LogP contribution in [0.4, 0.5) is 15.8 Å². The Kier molecular flexibility index (Phi) is 4.79. The maximum absolute atomic E-state index is 14.5. The van der Waals surface area contributed by atoms with Crippen LogP contribution in [-0.4, -0.2) is 13.1 Å². The first-order valence-corrected chi connectivity index (χ1v) is 8.28. The second-order valence-corrected chi connectivity index (χ2v) is 6.51. The molecule has 1 N–H and O–H groups in total. The minimum absolute atomic E-state index is 0.0173. The number of benzene rings is 2. The van der Waals surface area contributed by atoms with Gasteiger partial charge in [-0.1, -0.05) is 37.6 Å².